The van der Waals surface area contributed by atoms with Gasteiger partial charge in [-0.1, -0.05) is 119 Å². The Morgan fingerprint density at radius 2 is 0.717 bits per heavy atom. The molecule has 53 heavy (non-hydrogen) atoms. The lowest BCUT2D eigenvalue weighted by Gasteiger charge is -2.42. The van der Waals surface area contributed by atoms with Gasteiger partial charge in [0.1, 0.15) is 0 Å². The topological polar surface area (TPSA) is 11.4 Å². The van der Waals surface area contributed by atoms with E-state index in [1.807, 2.05) is 0 Å². The Labute approximate surface area is 311 Å². The van der Waals surface area contributed by atoms with E-state index < -0.39 is 0 Å². The van der Waals surface area contributed by atoms with Crippen molar-refractivity contribution in [1.82, 2.24) is 4.57 Å². The Morgan fingerprint density at radius 1 is 0.377 bits per heavy atom. The van der Waals surface area contributed by atoms with Gasteiger partial charge in [0.2, 0.25) is 0 Å². The highest BCUT2D eigenvalue weighted by Gasteiger charge is 2.39. The van der Waals surface area contributed by atoms with Crippen molar-refractivity contribution in [2.45, 2.75) is 51.4 Å². The summed E-state index contributed by atoms with van der Waals surface area (Å²) in [6, 6.07) is 56.8. The van der Waals surface area contributed by atoms with Gasteiger partial charge in [-0.2, -0.15) is 0 Å². The quantitative estimate of drug-likeness (QED) is 0.184. The average molecular weight is 684 g/mol. The largest absolute Gasteiger partial charge is 0.310 e. The number of fused-ring (bicyclic) bond motifs is 4. The van der Waals surface area contributed by atoms with Gasteiger partial charge in [0, 0.05) is 38.7 Å². The maximum absolute atomic E-state index is 2.54. The summed E-state index contributed by atoms with van der Waals surface area (Å²) in [6.45, 7) is 9.45. The van der Waals surface area contributed by atoms with Crippen LogP contribution in [0.1, 0.15) is 61.1 Å². The van der Waals surface area contributed by atoms with E-state index in [1.165, 1.54) is 95.0 Å². The molecular weight excluding hydrogens is 643 g/mol. The predicted octanol–water partition coefficient (Wildman–Crippen LogP) is 13.1. The van der Waals surface area contributed by atoms with Crippen LogP contribution in [0.25, 0.3) is 27.5 Å². The van der Waals surface area contributed by atoms with Gasteiger partial charge >= 0.3 is 0 Å². The van der Waals surface area contributed by atoms with Crippen molar-refractivity contribution in [3.63, 3.8) is 0 Å². The second-order valence-corrected chi connectivity index (χ2v) is 16.2. The SMILES string of the molecule is CC1(C)c2ccccc2N(c2cc3c4c5c(cc(N6c7ccccc7C(C)(C)c7ccccc76)cc5n(-c5ccccc5)c4c2)CC3)c2ccccc21. The van der Waals surface area contributed by atoms with Crippen LogP contribution in [0.3, 0.4) is 0 Å². The zero-order chi connectivity index (χ0) is 35.6. The van der Waals surface area contributed by atoms with E-state index >= 15 is 0 Å². The molecule has 2 aliphatic heterocycles. The van der Waals surface area contributed by atoms with Crippen LogP contribution < -0.4 is 9.80 Å². The van der Waals surface area contributed by atoms with Crippen molar-refractivity contribution >= 4 is 55.9 Å². The number of aromatic nitrogens is 1. The van der Waals surface area contributed by atoms with E-state index in [4.69, 9.17) is 0 Å². The molecule has 0 amide bonds. The highest BCUT2D eigenvalue weighted by atomic mass is 15.2. The maximum atomic E-state index is 2.54. The molecule has 0 N–H and O–H groups in total. The van der Waals surface area contributed by atoms with Crippen molar-refractivity contribution in [2.24, 2.45) is 0 Å². The number of aryl methyl sites for hydroxylation is 2. The van der Waals surface area contributed by atoms with Crippen molar-refractivity contribution < 1.29 is 0 Å². The molecule has 0 radical (unpaired) electrons. The zero-order valence-electron chi connectivity index (χ0n) is 30.7. The van der Waals surface area contributed by atoms with Crippen LogP contribution >= 0.6 is 0 Å². The second kappa shape index (κ2) is 10.7. The first-order valence-corrected chi connectivity index (χ1v) is 19.0. The summed E-state index contributed by atoms with van der Waals surface area (Å²) in [7, 11) is 0. The fourth-order valence-corrected chi connectivity index (χ4v) is 10.1. The van der Waals surface area contributed by atoms with Gasteiger partial charge in [-0.25, -0.2) is 0 Å². The molecule has 7 aromatic carbocycles. The summed E-state index contributed by atoms with van der Waals surface area (Å²) in [5.41, 5.74) is 19.2. The van der Waals surface area contributed by atoms with Crippen LogP contribution in [0.15, 0.2) is 152 Å². The minimum Gasteiger partial charge on any atom is -0.310 e. The summed E-state index contributed by atoms with van der Waals surface area (Å²) in [4.78, 5) is 5.03. The first kappa shape index (κ1) is 30.6. The smallest absolute Gasteiger partial charge is 0.0564 e. The normalized spacial score (nSPS) is 16.0. The van der Waals surface area contributed by atoms with Gasteiger partial charge < -0.3 is 14.4 Å². The highest BCUT2D eigenvalue weighted by Crippen LogP contribution is 2.55. The standard InChI is InChI=1S/C50H41N3/c1-49(2)37-18-8-12-22-41(37)52(42-23-13-9-19-38(42)49)35-28-32-26-27-33-29-36(31-46-48(33)47(32)45(30-35)51(46)34-16-6-5-7-17-34)53-43-24-14-10-20-39(43)50(3,4)40-21-11-15-25-44(40)53/h5-25,28-31H,26-27H2,1-4H3. The summed E-state index contributed by atoms with van der Waals surface area (Å²) >= 11 is 0. The Hall–Kier alpha value is -6.06. The minimum atomic E-state index is -0.104. The van der Waals surface area contributed by atoms with Crippen LogP contribution in [0.2, 0.25) is 0 Å². The maximum Gasteiger partial charge on any atom is 0.0564 e. The fourth-order valence-electron chi connectivity index (χ4n) is 10.1. The van der Waals surface area contributed by atoms with E-state index in [2.05, 4.69) is 194 Å². The lowest BCUT2D eigenvalue weighted by atomic mass is 9.73. The van der Waals surface area contributed by atoms with Gasteiger partial charge in [0.25, 0.3) is 0 Å². The number of nitrogens with zero attached hydrogens (tertiary/aromatic N) is 3. The highest BCUT2D eigenvalue weighted by molar-refractivity contribution is 6.15. The number of rotatable bonds is 3. The molecule has 3 aliphatic rings. The van der Waals surface area contributed by atoms with E-state index in [1.54, 1.807) is 0 Å². The number of para-hydroxylation sites is 5. The second-order valence-electron chi connectivity index (χ2n) is 16.2. The number of anilines is 6. The van der Waals surface area contributed by atoms with Gasteiger partial charge in [-0.3, -0.25) is 0 Å². The first-order valence-electron chi connectivity index (χ1n) is 19.0. The number of hydrogen-bond donors (Lipinski definition) is 0. The molecule has 3 heterocycles. The zero-order valence-corrected chi connectivity index (χ0v) is 30.7. The van der Waals surface area contributed by atoms with Crippen molar-refractivity contribution in [3.05, 3.63) is 185 Å². The lowest BCUT2D eigenvalue weighted by molar-refractivity contribution is 0.631. The third kappa shape index (κ3) is 4.11. The third-order valence-corrected chi connectivity index (χ3v) is 12.6. The minimum absolute atomic E-state index is 0.104. The Kier molecular flexibility index (Phi) is 6.19. The van der Waals surface area contributed by atoms with E-state index in [0.717, 1.165) is 12.8 Å². The van der Waals surface area contributed by atoms with Gasteiger partial charge in [0.05, 0.1) is 33.8 Å². The molecule has 0 saturated carbocycles. The van der Waals surface area contributed by atoms with E-state index in [9.17, 15) is 0 Å². The molecule has 0 fully saturated rings. The lowest BCUT2D eigenvalue weighted by Crippen LogP contribution is -2.30. The molecule has 3 nitrogen and oxygen atoms in total. The molecule has 0 spiro atoms. The summed E-state index contributed by atoms with van der Waals surface area (Å²) < 4.78 is 2.54. The van der Waals surface area contributed by atoms with Crippen LogP contribution in [0, 0.1) is 0 Å². The van der Waals surface area contributed by atoms with Crippen molar-refractivity contribution in [2.75, 3.05) is 9.80 Å². The summed E-state index contributed by atoms with van der Waals surface area (Å²) in [5.74, 6) is 0. The Balaban J connectivity index is 1.21. The Bertz CT molecular complexity index is 2530. The molecule has 1 aromatic heterocycles. The summed E-state index contributed by atoms with van der Waals surface area (Å²) in [5, 5.41) is 2.78. The monoisotopic (exact) mass is 683 g/mol. The molecule has 0 unspecified atom stereocenters. The fraction of sp³-hybridized carbons (Fsp3) is 0.160. The van der Waals surface area contributed by atoms with Crippen LogP contribution in [0.4, 0.5) is 34.1 Å². The molecule has 256 valence electrons. The van der Waals surface area contributed by atoms with Crippen LogP contribution in [-0.2, 0) is 23.7 Å². The van der Waals surface area contributed by atoms with E-state index in [0.29, 0.717) is 0 Å². The van der Waals surface area contributed by atoms with Gasteiger partial charge in [0.15, 0.2) is 0 Å². The van der Waals surface area contributed by atoms with Gasteiger partial charge in [-0.15, -0.1) is 0 Å². The molecule has 3 heteroatoms. The van der Waals surface area contributed by atoms with Gasteiger partial charge in [-0.05, 0) is 107 Å². The number of hydrogen-bond acceptors (Lipinski definition) is 2. The molecule has 0 atom stereocenters. The van der Waals surface area contributed by atoms with Crippen LogP contribution in [-0.4, -0.2) is 4.57 Å². The van der Waals surface area contributed by atoms with Crippen molar-refractivity contribution in [3.8, 4) is 5.69 Å². The summed E-state index contributed by atoms with van der Waals surface area (Å²) in [6.07, 6.45) is 2.00. The molecule has 1 aliphatic carbocycles. The number of benzene rings is 7. The Morgan fingerprint density at radius 3 is 1.09 bits per heavy atom. The molecule has 11 rings (SSSR count). The molecule has 0 saturated heterocycles. The molecule has 0 bridgehead atoms. The molecule has 8 aromatic rings. The van der Waals surface area contributed by atoms with Crippen molar-refractivity contribution in [1.29, 1.82) is 0 Å². The van der Waals surface area contributed by atoms with Crippen LogP contribution in [0.5, 0.6) is 0 Å². The average Bonchev–Trinajstić information content (AvgIpc) is 3.52. The van der Waals surface area contributed by atoms with E-state index in [-0.39, 0.29) is 10.8 Å². The third-order valence-electron chi connectivity index (χ3n) is 12.6. The first-order chi connectivity index (χ1) is 25.8. The molecular formula is C50H41N3. The predicted molar refractivity (Wildman–Crippen MR) is 222 cm³/mol.